The first-order valence-electron chi connectivity index (χ1n) is 12.8. The second kappa shape index (κ2) is 10.1. The van der Waals surface area contributed by atoms with Crippen LogP contribution in [0.1, 0.15) is 81.3 Å². The molecule has 2 aromatic heterocycles. The molecule has 0 amide bonds. The fourth-order valence-corrected chi connectivity index (χ4v) is 5.05. The van der Waals surface area contributed by atoms with E-state index in [1.165, 1.54) is 19.3 Å². The summed E-state index contributed by atoms with van der Waals surface area (Å²) in [5.74, 6) is 2.28. The SMILES string of the molecule is CC(C)(C)n1nc(C(=O)CC2CCCCC2)nc1Cc1ccc(-c2ccccc2-c2nn[nH]n2)cc1. The molecule has 1 aliphatic carbocycles. The Hall–Kier alpha value is -3.68. The summed E-state index contributed by atoms with van der Waals surface area (Å²) in [5, 5.41) is 19.2. The number of tetrazole rings is 1. The topological polar surface area (TPSA) is 102 Å². The van der Waals surface area contributed by atoms with Crippen molar-refractivity contribution in [1.82, 2.24) is 35.4 Å². The normalized spacial score (nSPS) is 14.8. The number of benzene rings is 2. The Morgan fingerprint density at radius 1 is 1.00 bits per heavy atom. The Balaban J connectivity index is 1.37. The molecule has 0 saturated heterocycles. The van der Waals surface area contributed by atoms with Gasteiger partial charge in [-0.15, -0.1) is 15.3 Å². The number of aromatic amines is 1. The fourth-order valence-electron chi connectivity index (χ4n) is 5.05. The van der Waals surface area contributed by atoms with Crippen molar-refractivity contribution in [3.63, 3.8) is 0 Å². The number of rotatable bonds is 7. The Labute approximate surface area is 211 Å². The number of ketones is 1. The third kappa shape index (κ3) is 5.27. The van der Waals surface area contributed by atoms with E-state index < -0.39 is 0 Å². The molecular formula is C28H33N7O. The standard InChI is InChI=1S/C28H33N7O/c1-28(2,3)35-25(29-27(32-35)24(36)17-19-9-5-4-6-10-19)18-20-13-15-21(16-14-20)22-11-7-8-12-23(22)26-30-33-34-31-26/h7-8,11-16,19H,4-6,9-10,17-18H2,1-3H3,(H,30,31,33,34). The van der Waals surface area contributed by atoms with Crippen LogP contribution in [0.25, 0.3) is 22.5 Å². The second-order valence-corrected chi connectivity index (χ2v) is 10.7. The maximum absolute atomic E-state index is 13.0. The van der Waals surface area contributed by atoms with Crippen LogP contribution >= 0.6 is 0 Å². The molecule has 8 nitrogen and oxygen atoms in total. The number of hydrogen-bond acceptors (Lipinski definition) is 6. The van der Waals surface area contributed by atoms with Gasteiger partial charge in [0.2, 0.25) is 17.4 Å². The molecule has 1 fully saturated rings. The molecule has 2 aromatic carbocycles. The molecule has 4 aromatic rings. The van der Waals surface area contributed by atoms with Crippen LogP contribution < -0.4 is 0 Å². The first-order valence-corrected chi connectivity index (χ1v) is 12.8. The number of Topliss-reactive ketones (excluding diaryl/α,β-unsaturated/α-hetero) is 1. The van der Waals surface area contributed by atoms with Crippen LogP contribution in [0.2, 0.25) is 0 Å². The lowest BCUT2D eigenvalue weighted by Crippen LogP contribution is -2.26. The largest absolute Gasteiger partial charge is 0.291 e. The zero-order valence-electron chi connectivity index (χ0n) is 21.2. The molecule has 1 aliphatic rings. The van der Waals surface area contributed by atoms with E-state index >= 15 is 0 Å². The third-order valence-electron chi connectivity index (χ3n) is 6.90. The van der Waals surface area contributed by atoms with Gasteiger partial charge in [-0.25, -0.2) is 9.67 Å². The summed E-state index contributed by atoms with van der Waals surface area (Å²) in [6, 6.07) is 16.4. The molecule has 0 unspecified atom stereocenters. The van der Waals surface area contributed by atoms with Crippen LogP contribution in [-0.4, -0.2) is 41.2 Å². The molecule has 1 N–H and O–H groups in total. The number of nitrogens with zero attached hydrogens (tertiary/aromatic N) is 6. The molecule has 8 heteroatoms. The Morgan fingerprint density at radius 3 is 2.39 bits per heavy atom. The van der Waals surface area contributed by atoms with Crippen molar-refractivity contribution in [2.45, 2.75) is 71.3 Å². The van der Waals surface area contributed by atoms with Crippen LogP contribution in [-0.2, 0) is 12.0 Å². The Morgan fingerprint density at radius 2 is 1.72 bits per heavy atom. The number of H-pyrrole nitrogens is 1. The van der Waals surface area contributed by atoms with Gasteiger partial charge in [0.25, 0.3) is 0 Å². The maximum Gasteiger partial charge on any atom is 0.217 e. The molecule has 1 saturated carbocycles. The van der Waals surface area contributed by atoms with Gasteiger partial charge in [0.05, 0.1) is 5.54 Å². The zero-order chi connectivity index (χ0) is 25.1. The molecule has 0 spiro atoms. The highest BCUT2D eigenvalue weighted by molar-refractivity contribution is 5.92. The lowest BCUT2D eigenvalue weighted by molar-refractivity contribution is 0.0939. The molecule has 0 atom stereocenters. The van der Waals surface area contributed by atoms with E-state index in [0.717, 1.165) is 40.9 Å². The van der Waals surface area contributed by atoms with Gasteiger partial charge >= 0.3 is 0 Å². The van der Waals surface area contributed by atoms with Crippen LogP contribution in [0, 0.1) is 5.92 Å². The van der Waals surface area contributed by atoms with E-state index in [2.05, 4.69) is 76.8 Å². The van der Waals surface area contributed by atoms with Gasteiger partial charge in [0.15, 0.2) is 0 Å². The Kier molecular flexibility index (Phi) is 6.76. The van der Waals surface area contributed by atoms with E-state index in [1.807, 2.05) is 22.9 Å². The van der Waals surface area contributed by atoms with Crippen molar-refractivity contribution in [1.29, 1.82) is 0 Å². The highest BCUT2D eigenvalue weighted by Gasteiger charge is 2.26. The van der Waals surface area contributed by atoms with Gasteiger partial charge in [-0.05, 0) is 48.6 Å². The van der Waals surface area contributed by atoms with Crippen molar-refractivity contribution in [2.24, 2.45) is 5.92 Å². The smallest absolute Gasteiger partial charge is 0.217 e. The van der Waals surface area contributed by atoms with Gasteiger partial charge < -0.3 is 0 Å². The third-order valence-corrected chi connectivity index (χ3v) is 6.90. The van der Waals surface area contributed by atoms with E-state index in [0.29, 0.717) is 30.4 Å². The lowest BCUT2D eigenvalue weighted by Gasteiger charge is -2.21. The summed E-state index contributed by atoms with van der Waals surface area (Å²) in [7, 11) is 0. The van der Waals surface area contributed by atoms with Crippen LogP contribution in [0.5, 0.6) is 0 Å². The highest BCUT2D eigenvalue weighted by Crippen LogP contribution is 2.31. The van der Waals surface area contributed by atoms with E-state index in [9.17, 15) is 4.79 Å². The number of aromatic nitrogens is 7. The van der Waals surface area contributed by atoms with Crippen molar-refractivity contribution < 1.29 is 4.79 Å². The number of carbonyl (C=O) groups is 1. The average Bonchev–Trinajstić information content (AvgIpc) is 3.56. The summed E-state index contributed by atoms with van der Waals surface area (Å²) < 4.78 is 1.92. The highest BCUT2D eigenvalue weighted by atomic mass is 16.1. The molecule has 2 heterocycles. The quantitative estimate of drug-likeness (QED) is 0.342. The number of carbonyl (C=O) groups excluding carboxylic acids is 1. The van der Waals surface area contributed by atoms with E-state index in [1.54, 1.807) is 0 Å². The predicted octanol–water partition coefficient (Wildman–Crippen LogP) is 5.62. The molecule has 186 valence electrons. The predicted molar refractivity (Wildman–Crippen MR) is 138 cm³/mol. The maximum atomic E-state index is 13.0. The summed E-state index contributed by atoms with van der Waals surface area (Å²) in [6.45, 7) is 6.29. The molecule has 0 bridgehead atoms. The van der Waals surface area contributed by atoms with Gasteiger partial charge in [0.1, 0.15) is 5.82 Å². The first kappa shape index (κ1) is 24.0. The minimum absolute atomic E-state index is 0.0690. The minimum atomic E-state index is -0.269. The van der Waals surface area contributed by atoms with Crippen molar-refractivity contribution in [3.8, 4) is 22.5 Å². The number of nitrogens with one attached hydrogen (secondary N) is 1. The number of hydrogen-bond donors (Lipinski definition) is 1. The van der Waals surface area contributed by atoms with Crippen molar-refractivity contribution >= 4 is 5.78 Å². The second-order valence-electron chi connectivity index (χ2n) is 10.7. The molecular weight excluding hydrogens is 450 g/mol. The van der Waals surface area contributed by atoms with E-state index in [4.69, 9.17) is 4.98 Å². The van der Waals surface area contributed by atoms with Crippen molar-refractivity contribution in [2.75, 3.05) is 0 Å². The summed E-state index contributed by atoms with van der Waals surface area (Å²) in [4.78, 5) is 17.8. The van der Waals surface area contributed by atoms with Gasteiger partial charge in [-0.2, -0.15) is 5.21 Å². The van der Waals surface area contributed by atoms with E-state index in [-0.39, 0.29) is 11.3 Å². The minimum Gasteiger partial charge on any atom is -0.291 e. The molecule has 36 heavy (non-hydrogen) atoms. The monoisotopic (exact) mass is 483 g/mol. The molecule has 5 rings (SSSR count). The van der Waals surface area contributed by atoms with Crippen LogP contribution in [0.15, 0.2) is 48.5 Å². The average molecular weight is 484 g/mol. The van der Waals surface area contributed by atoms with Gasteiger partial charge in [0, 0.05) is 18.4 Å². The van der Waals surface area contributed by atoms with Gasteiger partial charge in [-0.1, -0.05) is 80.6 Å². The van der Waals surface area contributed by atoms with Crippen LogP contribution in [0.3, 0.4) is 0 Å². The summed E-state index contributed by atoms with van der Waals surface area (Å²) in [6.07, 6.45) is 7.18. The lowest BCUT2D eigenvalue weighted by atomic mass is 9.86. The fraction of sp³-hybridized carbons (Fsp3) is 0.429. The molecule has 0 aliphatic heterocycles. The Bertz CT molecular complexity index is 1310. The zero-order valence-corrected chi connectivity index (χ0v) is 21.2. The van der Waals surface area contributed by atoms with Gasteiger partial charge in [-0.3, -0.25) is 4.79 Å². The summed E-state index contributed by atoms with van der Waals surface area (Å²) >= 11 is 0. The summed E-state index contributed by atoms with van der Waals surface area (Å²) in [5.41, 5.74) is 3.88. The molecule has 0 radical (unpaired) electrons. The first-order chi connectivity index (χ1) is 17.4. The van der Waals surface area contributed by atoms with Crippen LogP contribution in [0.4, 0.5) is 0 Å². The van der Waals surface area contributed by atoms with Crippen molar-refractivity contribution in [3.05, 3.63) is 65.7 Å².